The fraction of sp³-hybridized carbons (Fsp3) is 0.355. The third-order valence-corrected chi connectivity index (χ3v) is 5.76. The van der Waals surface area contributed by atoms with Crippen molar-refractivity contribution in [3.8, 4) is 16.9 Å². The molecule has 0 aliphatic heterocycles. The van der Waals surface area contributed by atoms with E-state index in [0.717, 1.165) is 11.1 Å². The second-order valence-corrected chi connectivity index (χ2v) is 10.7. The van der Waals surface area contributed by atoms with Crippen LogP contribution in [-0.2, 0) is 20.7 Å². The Bertz CT molecular complexity index is 1260. The van der Waals surface area contributed by atoms with Gasteiger partial charge >= 0.3 is 12.3 Å². The number of rotatable bonds is 9. The quantitative estimate of drug-likeness (QED) is 0.206. The standard InChI is InChI=1S/C31H34F3NO4/c1-29(2,3)39-28(37)30(4,5)38-26-19-17-22(18-20-26)11-9-16-27(36)35(31(32,33)34)25-15-10-14-24(21-25)23-12-7-6-8-13-23/h6-8,10,12-15,17-21H,9,11,16H2,1-5H3. The second kappa shape index (κ2) is 11.9. The molecule has 3 rings (SSSR count). The van der Waals surface area contributed by atoms with Crippen LogP contribution in [0.1, 0.15) is 53.0 Å². The predicted octanol–water partition coefficient (Wildman–Crippen LogP) is 7.73. The van der Waals surface area contributed by atoms with Crippen molar-refractivity contribution >= 4 is 17.6 Å². The number of carbonyl (C=O) groups is 2. The van der Waals surface area contributed by atoms with Gasteiger partial charge in [0, 0.05) is 6.42 Å². The van der Waals surface area contributed by atoms with Gasteiger partial charge in [-0.3, -0.25) is 4.79 Å². The molecular weight excluding hydrogens is 507 g/mol. The van der Waals surface area contributed by atoms with Crippen molar-refractivity contribution in [1.29, 1.82) is 0 Å². The van der Waals surface area contributed by atoms with E-state index in [4.69, 9.17) is 9.47 Å². The molecule has 0 heterocycles. The fourth-order valence-corrected chi connectivity index (χ4v) is 3.90. The third-order valence-electron chi connectivity index (χ3n) is 5.76. The first-order valence-electron chi connectivity index (χ1n) is 12.7. The van der Waals surface area contributed by atoms with E-state index in [9.17, 15) is 22.8 Å². The summed E-state index contributed by atoms with van der Waals surface area (Å²) in [7, 11) is 0. The number of halogens is 3. The number of benzene rings is 3. The molecule has 0 unspecified atom stereocenters. The molecule has 0 aromatic heterocycles. The van der Waals surface area contributed by atoms with Crippen molar-refractivity contribution in [3.63, 3.8) is 0 Å². The van der Waals surface area contributed by atoms with E-state index in [1.165, 1.54) is 18.2 Å². The van der Waals surface area contributed by atoms with E-state index in [1.54, 1.807) is 89.2 Å². The highest BCUT2D eigenvalue weighted by Gasteiger charge is 2.42. The monoisotopic (exact) mass is 541 g/mol. The summed E-state index contributed by atoms with van der Waals surface area (Å²) in [6.07, 6.45) is -4.50. The van der Waals surface area contributed by atoms with Crippen molar-refractivity contribution in [3.05, 3.63) is 84.4 Å². The zero-order chi connectivity index (χ0) is 28.8. The van der Waals surface area contributed by atoms with Crippen molar-refractivity contribution in [1.82, 2.24) is 0 Å². The van der Waals surface area contributed by atoms with Crippen LogP contribution >= 0.6 is 0 Å². The first kappa shape index (κ1) is 29.7. The number of hydrogen-bond acceptors (Lipinski definition) is 4. The van der Waals surface area contributed by atoms with Gasteiger partial charge < -0.3 is 9.47 Å². The summed E-state index contributed by atoms with van der Waals surface area (Å²) in [6.45, 7) is 8.55. The molecule has 0 saturated heterocycles. The number of nitrogens with zero attached hydrogens (tertiary/aromatic N) is 1. The topological polar surface area (TPSA) is 55.8 Å². The van der Waals surface area contributed by atoms with Gasteiger partial charge in [-0.15, -0.1) is 13.2 Å². The average Bonchev–Trinajstić information content (AvgIpc) is 2.84. The van der Waals surface area contributed by atoms with E-state index in [-0.39, 0.29) is 23.4 Å². The highest BCUT2D eigenvalue weighted by atomic mass is 19.4. The molecule has 0 atom stereocenters. The lowest BCUT2D eigenvalue weighted by molar-refractivity contribution is -0.171. The lowest BCUT2D eigenvalue weighted by Crippen LogP contribution is -2.43. The first-order valence-corrected chi connectivity index (χ1v) is 12.7. The number of amides is 1. The van der Waals surface area contributed by atoms with E-state index >= 15 is 0 Å². The van der Waals surface area contributed by atoms with Crippen LogP contribution in [0.3, 0.4) is 0 Å². The Kier molecular flexibility index (Phi) is 9.10. The molecule has 1 amide bonds. The van der Waals surface area contributed by atoms with Crippen LogP contribution < -0.4 is 9.64 Å². The smallest absolute Gasteiger partial charge is 0.476 e. The molecule has 0 N–H and O–H groups in total. The summed E-state index contributed by atoms with van der Waals surface area (Å²) >= 11 is 0. The Morgan fingerprint density at radius 1 is 0.795 bits per heavy atom. The number of esters is 1. The summed E-state index contributed by atoms with van der Waals surface area (Å²) in [4.78, 5) is 25.1. The molecule has 0 bridgehead atoms. The van der Waals surface area contributed by atoms with Gasteiger partial charge in [-0.25, -0.2) is 9.69 Å². The maximum atomic E-state index is 13.9. The molecular formula is C31H34F3NO4. The van der Waals surface area contributed by atoms with Gasteiger partial charge in [-0.05, 0) is 88.4 Å². The summed E-state index contributed by atoms with van der Waals surface area (Å²) in [5.74, 6) is -1.07. The molecule has 3 aromatic rings. The summed E-state index contributed by atoms with van der Waals surface area (Å²) < 4.78 is 53.0. The van der Waals surface area contributed by atoms with Crippen LogP contribution in [0.5, 0.6) is 5.75 Å². The third kappa shape index (κ3) is 8.60. The highest BCUT2D eigenvalue weighted by molar-refractivity contribution is 5.94. The van der Waals surface area contributed by atoms with Gasteiger partial charge in [0.15, 0.2) is 5.60 Å². The molecule has 0 radical (unpaired) electrons. The zero-order valence-electron chi connectivity index (χ0n) is 22.8. The number of hydrogen-bond donors (Lipinski definition) is 0. The van der Waals surface area contributed by atoms with Crippen LogP contribution in [-0.4, -0.2) is 29.4 Å². The average molecular weight is 542 g/mol. The molecule has 5 nitrogen and oxygen atoms in total. The minimum atomic E-state index is -4.85. The SMILES string of the molecule is CC(C)(C)OC(=O)C(C)(C)Oc1ccc(CCCC(=O)N(c2cccc(-c3ccccc3)c2)C(F)(F)F)cc1. The number of alkyl halides is 3. The van der Waals surface area contributed by atoms with E-state index in [1.807, 2.05) is 6.07 Å². The van der Waals surface area contributed by atoms with Crippen LogP contribution in [0.2, 0.25) is 0 Å². The molecule has 8 heteroatoms. The van der Waals surface area contributed by atoms with Gasteiger partial charge in [0.05, 0.1) is 5.69 Å². The molecule has 0 aliphatic rings. The van der Waals surface area contributed by atoms with Crippen LogP contribution in [0.4, 0.5) is 18.9 Å². The first-order chi connectivity index (χ1) is 18.2. The van der Waals surface area contributed by atoms with Gasteiger partial charge in [0.1, 0.15) is 11.4 Å². The molecule has 3 aromatic carbocycles. The molecule has 0 spiro atoms. The van der Waals surface area contributed by atoms with Gasteiger partial charge in [0.25, 0.3) is 0 Å². The summed E-state index contributed by atoms with van der Waals surface area (Å²) in [5.41, 5.74) is 0.104. The molecule has 0 fully saturated rings. The summed E-state index contributed by atoms with van der Waals surface area (Å²) in [5, 5.41) is 0. The van der Waals surface area contributed by atoms with Crippen LogP contribution in [0.25, 0.3) is 11.1 Å². The van der Waals surface area contributed by atoms with Crippen molar-refractivity contribution < 1.29 is 32.2 Å². The van der Waals surface area contributed by atoms with E-state index < -0.39 is 29.4 Å². The number of carbonyl (C=O) groups excluding carboxylic acids is 2. The highest BCUT2D eigenvalue weighted by Crippen LogP contribution is 2.33. The largest absolute Gasteiger partial charge is 0.491 e. The van der Waals surface area contributed by atoms with Gasteiger partial charge in [0.2, 0.25) is 5.91 Å². The van der Waals surface area contributed by atoms with Crippen molar-refractivity contribution in [2.24, 2.45) is 0 Å². The molecule has 0 aliphatic carbocycles. The second-order valence-electron chi connectivity index (χ2n) is 10.7. The zero-order valence-corrected chi connectivity index (χ0v) is 22.8. The number of aryl methyl sites for hydroxylation is 1. The summed E-state index contributed by atoms with van der Waals surface area (Å²) in [6, 6.07) is 21.8. The molecule has 0 saturated carbocycles. The maximum Gasteiger partial charge on any atom is 0.491 e. The van der Waals surface area contributed by atoms with Crippen LogP contribution in [0.15, 0.2) is 78.9 Å². The Labute approximate surface area is 227 Å². The normalized spacial score (nSPS) is 12.1. The Morgan fingerprint density at radius 2 is 1.41 bits per heavy atom. The number of ether oxygens (including phenoxy) is 2. The van der Waals surface area contributed by atoms with E-state index in [0.29, 0.717) is 17.7 Å². The molecule has 39 heavy (non-hydrogen) atoms. The maximum absolute atomic E-state index is 13.9. The Hall–Kier alpha value is -3.81. The molecule has 208 valence electrons. The lowest BCUT2D eigenvalue weighted by Gasteiger charge is -2.29. The van der Waals surface area contributed by atoms with Gasteiger partial charge in [-0.1, -0.05) is 54.6 Å². The minimum Gasteiger partial charge on any atom is -0.476 e. The number of anilines is 1. The van der Waals surface area contributed by atoms with Crippen molar-refractivity contribution in [2.45, 2.75) is 71.4 Å². The fourth-order valence-electron chi connectivity index (χ4n) is 3.90. The minimum absolute atomic E-state index is 0.0882. The van der Waals surface area contributed by atoms with Gasteiger partial charge in [-0.2, -0.15) is 0 Å². The predicted molar refractivity (Wildman–Crippen MR) is 145 cm³/mol. The van der Waals surface area contributed by atoms with Crippen LogP contribution in [0, 0.1) is 0 Å². The lowest BCUT2D eigenvalue weighted by atomic mass is 10.0. The Morgan fingerprint density at radius 3 is 2.00 bits per heavy atom. The van der Waals surface area contributed by atoms with Crippen molar-refractivity contribution in [2.75, 3.05) is 4.90 Å². The Balaban J connectivity index is 1.62. The van der Waals surface area contributed by atoms with E-state index in [2.05, 4.69) is 0 Å².